The minimum absolute atomic E-state index is 0.135. The Morgan fingerprint density at radius 2 is 1.94 bits per heavy atom. The molecule has 0 saturated carbocycles. The van der Waals surface area contributed by atoms with Crippen LogP contribution in [0.2, 0.25) is 0 Å². The molecule has 31 heavy (non-hydrogen) atoms. The van der Waals surface area contributed by atoms with Crippen molar-refractivity contribution in [2.75, 3.05) is 7.11 Å². The molecule has 0 radical (unpaired) electrons. The number of nitrogens with one attached hydrogen (secondary N) is 1. The molecule has 2 heterocycles. The molecule has 1 spiro atoms. The molecule has 0 unspecified atom stereocenters. The van der Waals surface area contributed by atoms with Crippen LogP contribution in [-0.2, 0) is 19.1 Å². The van der Waals surface area contributed by atoms with Crippen LogP contribution in [0.3, 0.4) is 0 Å². The number of ketones is 2. The van der Waals surface area contributed by atoms with Crippen LogP contribution < -0.4 is 5.32 Å². The number of hydrogen-bond donors (Lipinski definition) is 4. The highest BCUT2D eigenvalue weighted by Crippen LogP contribution is 2.44. The standard InChI is InChI=1S/C22H25NO8/c1-4-5-11-14(24)15(25)16-12(2)17(26)21(31-16)19(28)22(30-3,23-20(21)29)18(27)13-9-7-6-8-10-13/h5-11,14-15,19,24-25,28H,4H2,1-3H3,(H,23,29)/b11-5-/t14-,15+,19+,21+,22+/m0/s1. The Kier molecular flexibility index (Phi) is 6.15. The summed E-state index contributed by atoms with van der Waals surface area (Å²) in [7, 11) is 1.11. The summed E-state index contributed by atoms with van der Waals surface area (Å²) in [6.07, 6.45) is -1.60. The summed E-state index contributed by atoms with van der Waals surface area (Å²) in [5, 5.41) is 34.0. The molecule has 1 saturated heterocycles. The molecule has 2 aliphatic heterocycles. The molecule has 5 atom stereocenters. The number of carbonyl (C=O) groups excluding carboxylic acids is 3. The first-order valence-electron chi connectivity index (χ1n) is 9.80. The lowest BCUT2D eigenvalue weighted by Gasteiger charge is -2.32. The Labute approximate surface area is 179 Å². The molecule has 4 N–H and O–H groups in total. The van der Waals surface area contributed by atoms with Gasteiger partial charge in [-0.3, -0.25) is 14.4 Å². The highest BCUT2D eigenvalue weighted by molar-refractivity contribution is 6.23. The normalized spacial score (nSPS) is 30.1. The molecule has 0 aliphatic carbocycles. The number of Topliss-reactive ketones (excluding diaryl/α,β-unsaturated/α-hetero) is 2. The van der Waals surface area contributed by atoms with E-state index in [0.29, 0.717) is 6.42 Å². The van der Waals surface area contributed by atoms with Gasteiger partial charge in [-0.1, -0.05) is 49.4 Å². The second kappa shape index (κ2) is 8.35. The van der Waals surface area contributed by atoms with Gasteiger partial charge in [-0.15, -0.1) is 0 Å². The van der Waals surface area contributed by atoms with Crippen LogP contribution in [0.25, 0.3) is 0 Å². The van der Waals surface area contributed by atoms with Gasteiger partial charge in [-0.2, -0.15) is 0 Å². The lowest BCUT2D eigenvalue weighted by Crippen LogP contribution is -2.60. The van der Waals surface area contributed by atoms with Gasteiger partial charge in [0.25, 0.3) is 11.5 Å². The van der Waals surface area contributed by atoms with E-state index < -0.39 is 47.1 Å². The van der Waals surface area contributed by atoms with E-state index in [1.54, 1.807) is 24.3 Å². The van der Waals surface area contributed by atoms with Crippen molar-refractivity contribution in [2.24, 2.45) is 0 Å². The first-order chi connectivity index (χ1) is 14.7. The van der Waals surface area contributed by atoms with Gasteiger partial charge in [0.2, 0.25) is 17.3 Å². The zero-order valence-corrected chi connectivity index (χ0v) is 17.4. The van der Waals surface area contributed by atoms with Crippen molar-refractivity contribution in [1.29, 1.82) is 0 Å². The quantitative estimate of drug-likeness (QED) is 0.269. The molecule has 0 bridgehead atoms. The SMILES string of the molecule is CC/C=C\[C@H](O)[C@@H](O)C1=C(C)C(=O)[C@]2(O1)C(=O)N[C@@](OC)(C(=O)c1ccccc1)[C@@H]2O. The van der Waals surface area contributed by atoms with Crippen LogP contribution >= 0.6 is 0 Å². The monoisotopic (exact) mass is 431 g/mol. The zero-order chi connectivity index (χ0) is 23.0. The summed E-state index contributed by atoms with van der Waals surface area (Å²) >= 11 is 0. The van der Waals surface area contributed by atoms with E-state index in [9.17, 15) is 29.7 Å². The fourth-order valence-corrected chi connectivity index (χ4v) is 3.81. The summed E-state index contributed by atoms with van der Waals surface area (Å²) < 4.78 is 10.8. The number of rotatable bonds is 7. The van der Waals surface area contributed by atoms with Crippen LogP contribution in [0.1, 0.15) is 30.6 Å². The molecule has 9 nitrogen and oxygen atoms in total. The number of benzene rings is 1. The smallest absolute Gasteiger partial charge is 0.278 e. The van der Waals surface area contributed by atoms with Gasteiger partial charge in [0.1, 0.15) is 18.0 Å². The third kappa shape index (κ3) is 3.30. The van der Waals surface area contributed by atoms with Crippen molar-refractivity contribution in [2.45, 2.75) is 49.9 Å². The van der Waals surface area contributed by atoms with Crippen molar-refractivity contribution in [1.82, 2.24) is 5.32 Å². The van der Waals surface area contributed by atoms with Crippen LogP contribution in [0.5, 0.6) is 0 Å². The fourth-order valence-electron chi connectivity index (χ4n) is 3.81. The van der Waals surface area contributed by atoms with Gasteiger partial charge in [-0.25, -0.2) is 0 Å². The van der Waals surface area contributed by atoms with Gasteiger partial charge < -0.3 is 30.1 Å². The van der Waals surface area contributed by atoms with Crippen LogP contribution in [0, 0.1) is 0 Å². The highest BCUT2D eigenvalue weighted by atomic mass is 16.6. The number of aliphatic hydroxyl groups excluding tert-OH is 3. The summed E-state index contributed by atoms with van der Waals surface area (Å²) in [6, 6.07) is 7.82. The molecule has 2 aliphatic rings. The van der Waals surface area contributed by atoms with Crippen LogP contribution in [0.15, 0.2) is 53.8 Å². The Balaban J connectivity index is 1.99. The Hall–Kier alpha value is -2.85. The number of allylic oxidation sites excluding steroid dienone is 1. The summed E-state index contributed by atoms with van der Waals surface area (Å²) in [6.45, 7) is 3.13. The molecule has 166 valence electrons. The number of aliphatic hydroxyl groups is 3. The Bertz CT molecular complexity index is 956. The van der Waals surface area contributed by atoms with E-state index in [2.05, 4.69) is 5.32 Å². The Morgan fingerprint density at radius 1 is 1.29 bits per heavy atom. The number of carbonyl (C=O) groups is 3. The maximum absolute atomic E-state index is 13.1. The molecule has 1 fully saturated rings. The van der Waals surface area contributed by atoms with E-state index in [1.165, 1.54) is 25.1 Å². The second-order valence-corrected chi connectivity index (χ2v) is 7.42. The molecule has 9 heteroatoms. The maximum Gasteiger partial charge on any atom is 0.278 e. The number of methoxy groups -OCH3 is 1. The number of hydrogen-bond acceptors (Lipinski definition) is 8. The predicted molar refractivity (Wildman–Crippen MR) is 108 cm³/mol. The third-order valence-electron chi connectivity index (χ3n) is 5.58. The van der Waals surface area contributed by atoms with Crippen molar-refractivity contribution < 1.29 is 39.2 Å². The average molecular weight is 431 g/mol. The minimum Gasteiger partial charge on any atom is -0.467 e. The fraction of sp³-hybridized carbons (Fsp3) is 0.409. The highest BCUT2D eigenvalue weighted by Gasteiger charge is 2.74. The lowest BCUT2D eigenvalue weighted by molar-refractivity contribution is -0.163. The van der Waals surface area contributed by atoms with Gasteiger partial charge in [0, 0.05) is 18.2 Å². The first-order valence-corrected chi connectivity index (χ1v) is 9.80. The minimum atomic E-state index is -2.53. The first kappa shape index (κ1) is 22.8. The average Bonchev–Trinajstić information content (AvgIpc) is 3.18. The lowest BCUT2D eigenvalue weighted by atomic mass is 9.85. The maximum atomic E-state index is 13.1. The molecule has 1 aromatic carbocycles. The van der Waals surface area contributed by atoms with E-state index in [1.807, 2.05) is 6.92 Å². The van der Waals surface area contributed by atoms with E-state index >= 15 is 0 Å². The molecule has 3 rings (SSSR count). The van der Waals surface area contributed by atoms with E-state index in [-0.39, 0.29) is 16.9 Å². The molecular weight excluding hydrogens is 406 g/mol. The summed E-state index contributed by atoms with van der Waals surface area (Å²) in [5.74, 6) is -3.15. The summed E-state index contributed by atoms with van der Waals surface area (Å²) in [5.41, 5.74) is -4.83. The van der Waals surface area contributed by atoms with Crippen molar-refractivity contribution in [3.63, 3.8) is 0 Å². The topological polar surface area (TPSA) is 142 Å². The third-order valence-corrected chi connectivity index (χ3v) is 5.58. The van der Waals surface area contributed by atoms with Gasteiger partial charge >= 0.3 is 0 Å². The summed E-state index contributed by atoms with van der Waals surface area (Å²) in [4.78, 5) is 39.2. The largest absolute Gasteiger partial charge is 0.467 e. The second-order valence-electron chi connectivity index (χ2n) is 7.42. The van der Waals surface area contributed by atoms with Gasteiger partial charge in [0.05, 0.1) is 0 Å². The number of amides is 1. The van der Waals surface area contributed by atoms with E-state index in [4.69, 9.17) is 9.47 Å². The molecule has 1 aromatic rings. The predicted octanol–water partition coefficient (Wildman–Crippen LogP) is 0.00280. The van der Waals surface area contributed by atoms with Crippen molar-refractivity contribution >= 4 is 17.5 Å². The molecule has 1 amide bonds. The van der Waals surface area contributed by atoms with Crippen LogP contribution in [-0.4, -0.2) is 69.5 Å². The van der Waals surface area contributed by atoms with E-state index in [0.717, 1.165) is 7.11 Å². The zero-order valence-electron chi connectivity index (χ0n) is 17.4. The van der Waals surface area contributed by atoms with Crippen molar-refractivity contribution in [3.05, 3.63) is 59.4 Å². The number of ether oxygens (including phenoxy) is 2. The van der Waals surface area contributed by atoms with Crippen LogP contribution in [0.4, 0.5) is 0 Å². The molecular formula is C22H25NO8. The molecule has 0 aromatic heterocycles. The van der Waals surface area contributed by atoms with Gasteiger partial charge in [-0.05, 0) is 13.3 Å². The Morgan fingerprint density at radius 3 is 2.52 bits per heavy atom. The van der Waals surface area contributed by atoms with Crippen molar-refractivity contribution in [3.8, 4) is 0 Å². The van der Waals surface area contributed by atoms with Gasteiger partial charge in [0.15, 0.2) is 6.10 Å².